The molecule has 0 amide bonds. The van der Waals surface area contributed by atoms with Crippen LogP contribution in [-0.4, -0.2) is 45.1 Å². The Morgan fingerprint density at radius 1 is 0.744 bits per heavy atom. The van der Waals surface area contributed by atoms with Gasteiger partial charge in [0.1, 0.15) is 5.76 Å². The first kappa shape index (κ1) is 30.3. The van der Waals surface area contributed by atoms with Gasteiger partial charge in [-0.3, -0.25) is 4.79 Å². The van der Waals surface area contributed by atoms with Gasteiger partial charge >= 0.3 is 0 Å². The van der Waals surface area contributed by atoms with Crippen molar-refractivity contribution in [2.45, 2.75) is 50.7 Å². The van der Waals surface area contributed by atoms with Crippen LogP contribution in [0.4, 0.5) is 0 Å². The molecule has 0 saturated heterocycles. The van der Waals surface area contributed by atoms with E-state index in [1.54, 1.807) is 36.4 Å². The predicted molar refractivity (Wildman–Crippen MR) is 159 cm³/mol. The van der Waals surface area contributed by atoms with Crippen LogP contribution in [0.3, 0.4) is 0 Å². The van der Waals surface area contributed by atoms with Crippen molar-refractivity contribution in [3.8, 4) is 0 Å². The van der Waals surface area contributed by atoms with E-state index in [4.69, 9.17) is 18.9 Å². The number of aliphatic hydroxyl groups excluding tert-OH is 1. The largest absolute Gasteiger partial charge is 0.479 e. The molecule has 4 aromatic rings. The Labute approximate surface area is 250 Å². The van der Waals surface area contributed by atoms with Crippen molar-refractivity contribution in [2.24, 2.45) is 0 Å². The molecule has 0 spiro atoms. The second kappa shape index (κ2) is 13.4. The molecule has 43 heavy (non-hydrogen) atoms. The van der Waals surface area contributed by atoms with Gasteiger partial charge in [-0.2, -0.15) is 0 Å². The molecule has 1 aliphatic heterocycles. The van der Waals surface area contributed by atoms with E-state index in [2.05, 4.69) is 0 Å². The van der Waals surface area contributed by atoms with Crippen LogP contribution in [0.2, 0.25) is 0 Å². The Morgan fingerprint density at radius 2 is 1.23 bits per heavy atom. The molecule has 8 heteroatoms. The predicted octanol–water partition coefficient (Wildman–Crippen LogP) is 4.97. The summed E-state index contributed by atoms with van der Waals surface area (Å²) in [7, 11) is 0. The molecule has 222 valence electrons. The van der Waals surface area contributed by atoms with Gasteiger partial charge < -0.3 is 34.3 Å². The maximum absolute atomic E-state index is 12.2. The summed E-state index contributed by atoms with van der Waals surface area (Å²) < 4.78 is 23.9. The molecule has 0 fully saturated rings. The molecule has 3 N–H and O–H groups in total. The molecule has 4 atom stereocenters. The number of aliphatic hydroxyl groups is 3. The smallest absolute Gasteiger partial charge is 0.269 e. The van der Waals surface area contributed by atoms with Crippen LogP contribution in [0.15, 0.2) is 121 Å². The first-order valence-corrected chi connectivity index (χ1v) is 13.9. The molecule has 1 heterocycles. The number of rotatable bonds is 12. The van der Waals surface area contributed by atoms with Crippen LogP contribution in [0.5, 0.6) is 0 Å². The number of carbonyl (C=O) groups is 1. The molecule has 0 aliphatic carbocycles. The van der Waals surface area contributed by atoms with E-state index >= 15 is 0 Å². The lowest BCUT2D eigenvalue weighted by Gasteiger charge is -2.48. The van der Waals surface area contributed by atoms with Gasteiger partial charge in [-0.1, -0.05) is 115 Å². The zero-order valence-corrected chi connectivity index (χ0v) is 23.7. The monoisotopic (exact) mass is 582 g/mol. The number of hydrogen-bond donors (Lipinski definition) is 3. The average Bonchev–Trinajstić information content (AvgIpc) is 3.04. The lowest BCUT2D eigenvalue weighted by Crippen LogP contribution is -2.68. The molecule has 4 aromatic carbocycles. The number of Topliss-reactive ketones (excluding diaryl/α,β-unsaturated/α-hetero) is 1. The topological polar surface area (TPSA) is 115 Å². The molecule has 0 radical (unpaired) electrons. The van der Waals surface area contributed by atoms with Crippen molar-refractivity contribution in [1.29, 1.82) is 0 Å². The SMILES string of the molecule is CC(=O)c1ccc(C2=C[C@](O)(OCc3ccccc3)[C@@](O)(OCc3ccccc3)[C@@H](C(O)OCc3ccccc3)O2)cc1. The van der Waals surface area contributed by atoms with Crippen LogP contribution < -0.4 is 0 Å². The van der Waals surface area contributed by atoms with Gasteiger partial charge in [0, 0.05) is 17.2 Å². The molecular weight excluding hydrogens is 548 g/mol. The normalized spacial score (nSPS) is 22.3. The van der Waals surface area contributed by atoms with Gasteiger partial charge in [-0.05, 0) is 23.6 Å². The Morgan fingerprint density at radius 3 is 1.74 bits per heavy atom. The third kappa shape index (κ3) is 7.09. The summed E-state index contributed by atoms with van der Waals surface area (Å²) in [6, 6.07) is 33.9. The van der Waals surface area contributed by atoms with Crippen molar-refractivity contribution in [3.63, 3.8) is 0 Å². The highest BCUT2D eigenvalue weighted by Crippen LogP contribution is 2.43. The van der Waals surface area contributed by atoms with Gasteiger partial charge in [0.2, 0.25) is 11.9 Å². The van der Waals surface area contributed by atoms with Crippen molar-refractivity contribution in [2.75, 3.05) is 0 Å². The Kier molecular flexibility index (Phi) is 9.47. The van der Waals surface area contributed by atoms with Gasteiger partial charge in [0.25, 0.3) is 5.79 Å². The second-order valence-electron chi connectivity index (χ2n) is 10.3. The summed E-state index contributed by atoms with van der Waals surface area (Å²) in [5.74, 6) is -5.19. The number of hydrogen-bond acceptors (Lipinski definition) is 8. The third-order valence-electron chi connectivity index (χ3n) is 7.18. The zero-order valence-electron chi connectivity index (χ0n) is 23.7. The van der Waals surface area contributed by atoms with Gasteiger partial charge in [-0.25, -0.2) is 0 Å². The Bertz CT molecular complexity index is 1510. The van der Waals surface area contributed by atoms with Crippen molar-refractivity contribution in [3.05, 3.63) is 149 Å². The number of carbonyl (C=O) groups excluding carboxylic acids is 1. The molecule has 8 nitrogen and oxygen atoms in total. The van der Waals surface area contributed by atoms with E-state index in [9.17, 15) is 20.1 Å². The minimum absolute atomic E-state index is 0.00765. The number of benzene rings is 4. The first-order chi connectivity index (χ1) is 20.8. The third-order valence-corrected chi connectivity index (χ3v) is 7.18. The standard InChI is InChI=1S/C35H34O8/c1-25(36)29-17-19-30(20-18-29)31-21-34(38,41-23-27-13-7-3-8-14-27)35(39,42-24-28-15-9-4-10-16-28)32(43-31)33(37)40-22-26-11-5-2-6-12-26/h2-21,32-33,37-39H,22-24H2,1H3/t32-,33?,34+,35+/m1/s1. The minimum atomic E-state index is -2.64. The van der Waals surface area contributed by atoms with Crippen molar-refractivity contribution >= 4 is 11.5 Å². The molecule has 1 unspecified atom stereocenters. The summed E-state index contributed by atoms with van der Waals surface area (Å²) in [6.45, 7) is 1.21. The van der Waals surface area contributed by atoms with Crippen LogP contribution >= 0.6 is 0 Å². The highest BCUT2D eigenvalue weighted by molar-refractivity contribution is 5.94. The fraction of sp³-hybridized carbons (Fsp3) is 0.229. The summed E-state index contributed by atoms with van der Waals surface area (Å²) in [5, 5.41) is 35.7. The summed E-state index contributed by atoms with van der Waals surface area (Å²) in [6.07, 6.45) is -2.23. The lowest BCUT2D eigenvalue weighted by atomic mass is 9.92. The van der Waals surface area contributed by atoms with Gasteiger partial charge in [0.15, 0.2) is 12.1 Å². The summed E-state index contributed by atoms with van der Waals surface area (Å²) >= 11 is 0. The van der Waals surface area contributed by atoms with Gasteiger partial charge in [0.05, 0.1) is 19.8 Å². The molecule has 0 saturated carbocycles. The second-order valence-corrected chi connectivity index (χ2v) is 10.3. The van der Waals surface area contributed by atoms with Crippen LogP contribution in [-0.2, 0) is 38.8 Å². The van der Waals surface area contributed by atoms with E-state index in [-0.39, 0.29) is 31.4 Å². The summed E-state index contributed by atoms with van der Waals surface area (Å²) in [4.78, 5) is 11.9. The van der Waals surface area contributed by atoms with E-state index < -0.39 is 24.0 Å². The fourth-order valence-corrected chi connectivity index (χ4v) is 4.72. The fourth-order valence-electron chi connectivity index (χ4n) is 4.72. The summed E-state index contributed by atoms with van der Waals surface area (Å²) in [5.41, 5.74) is 3.16. The van der Waals surface area contributed by atoms with E-state index in [1.165, 1.54) is 13.0 Å². The number of ketones is 1. The Hall–Kier alpha value is -4.15. The molecule has 5 rings (SSSR count). The maximum atomic E-state index is 12.2. The molecular formula is C35H34O8. The van der Waals surface area contributed by atoms with Crippen molar-refractivity contribution < 1.29 is 39.1 Å². The maximum Gasteiger partial charge on any atom is 0.269 e. The minimum Gasteiger partial charge on any atom is -0.479 e. The lowest BCUT2D eigenvalue weighted by molar-refractivity contribution is -0.420. The average molecular weight is 583 g/mol. The quantitative estimate of drug-likeness (QED) is 0.158. The van der Waals surface area contributed by atoms with E-state index in [0.717, 1.165) is 11.1 Å². The van der Waals surface area contributed by atoms with Crippen LogP contribution in [0.25, 0.3) is 5.76 Å². The van der Waals surface area contributed by atoms with Crippen molar-refractivity contribution in [1.82, 2.24) is 0 Å². The Balaban J connectivity index is 1.53. The van der Waals surface area contributed by atoms with E-state index in [1.807, 2.05) is 78.9 Å². The first-order valence-electron chi connectivity index (χ1n) is 13.9. The zero-order chi connectivity index (χ0) is 30.3. The number of ether oxygens (including phenoxy) is 4. The van der Waals surface area contributed by atoms with Crippen LogP contribution in [0, 0.1) is 0 Å². The van der Waals surface area contributed by atoms with Crippen LogP contribution in [0.1, 0.15) is 39.5 Å². The van der Waals surface area contributed by atoms with E-state index in [0.29, 0.717) is 16.7 Å². The highest BCUT2D eigenvalue weighted by atomic mass is 16.7. The van der Waals surface area contributed by atoms with Gasteiger partial charge in [-0.15, -0.1) is 0 Å². The molecule has 0 aromatic heterocycles. The molecule has 1 aliphatic rings. The molecule has 0 bridgehead atoms. The highest BCUT2D eigenvalue weighted by Gasteiger charge is 2.63.